The second kappa shape index (κ2) is 9.97. The highest BCUT2D eigenvalue weighted by Gasteiger charge is 2.16. The number of fused-ring (bicyclic) bond motifs is 1. The SMILES string of the molecule is Cc1cc(C(=O)Nc2ccc3c(OCCCCS(=O)(=O)O)cc(S(=O)(=O)O)cc3c2)ccc1N. The van der Waals surface area contributed by atoms with Crippen molar-refractivity contribution in [1.82, 2.24) is 0 Å². The van der Waals surface area contributed by atoms with Crippen LogP contribution in [0.5, 0.6) is 5.75 Å². The van der Waals surface area contributed by atoms with Crippen molar-refractivity contribution in [2.45, 2.75) is 24.7 Å². The maximum Gasteiger partial charge on any atom is 0.294 e. The number of amides is 1. The normalized spacial score (nSPS) is 12.0. The van der Waals surface area contributed by atoms with Gasteiger partial charge < -0.3 is 15.8 Å². The summed E-state index contributed by atoms with van der Waals surface area (Å²) in [6.07, 6.45) is 0.433. The molecule has 0 aliphatic carbocycles. The number of rotatable bonds is 9. The lowest BCUT2D eigenvalue weighted by atomic mass is 10.1. The molecule has 0 atom stereocenters. The predicted molar refractivity (Wildman–Crippen MR) is 128 cm³/mol. The maximum atomic E-state index is 12.6. The summed E-state index contributed by atoms with van der Waals surface area (Å²) in [5, 5.41) is 3.64. The van der Waals surface area contributed by atoms with Crippen molar-refractivity contribution >= 4 is 48.3 Å². The number of nitrogen functional groups attached to an aromatic ring is 1. The van der Waals surface area contributed by atoms with Gasteiger partial charge in [0, 0.05) is 28.4 Å². The number of aryl methyl sites for hydroxylation is 1. The van der Waals surface area contributed by atoms with E-state index in [1.165, 1.54) is 12.1 Å². The van der Waals surface area contributed by atoms with Gasteiger partial charge in [0.05, 0.1) is 17.3 Å². The molecule has 0 aliphatic heterocycles. The van der Waals surface area contributed by atoms with Gasteiger partial charge in [-0.3, -0.25) is 13.9 Å². The predicted octanol–water partition coefficient (Wildman–Crippen LogP) is 3.28. The molecule has 12 heteroatoms. The number of hydrogen-bond acceptors (Lipinski definition) is 7. The molecule has 0 radical (unpaired) electrons. The van der Waals surface area contributed by atoms with Gasteiger partial charge >= 0.3 is 0 Å². The van der Waals surface area contributed by atoms with Crippen LogP contribution in [0.2, 0.25) is 0 Å². The molecule has 0 heterocycles. The Bertz CT molecular complexity index is 1450. The molecule has 3 aromatic carbocycles. The number of benzene rings is 3. The number of nitrogens with one attached hydrogen (secondary N) is 1. The molecule has 10 nitrogen and oxygen atoms in total. The fraction of sp³-hybridized carbons (Fsp3) is 0.227. The molecule has 182 valence electrons. The molecule has 3 aromatic rings. The zero-order valence-corrected chi connectivity index (χ0v) is 19.8. The minimum absolute atomic E-state index is 0.0501. The average Bonchev–Trinajstić information content (AvgIpc) is 2.73. The van der Waals surface area contributed by atoms with Gasteiger partial charge in [-0.1, -0.05) is 0 Å². The van der Waals surface area contributed by atoms with Gasteiger partial charge in [0.25, 0.3) is 26.1 Å². The quantitative estimate of drug-likeness (QED) is 0.192. The van der Waals surface area contributed by atoms with E-state index in [9.17, 15) is 26.2 Å². The van der Waals surface area contributed by atoms with Crippen LogP contribution in [-0.4, -0.2) is 44.2 Å². The third-order valence-corrected chi connectivity index (χ3v) is 6.67. The standard InChI is InChI=1S/C22H24N2O8S2/c1-14-10-15(4-7-20(14)23)22(25)24-17-5-6-19-16(11-17)12-18(34(29,30)31)13-21(19)32-8-2-3-9-33(26,27)28/h4-7,10-13H,2-3,8-9,23H2,1H3,(H,24,25)(H,26,27,28)(H,29,30,31). The minimum Gasteiger partial charge on any atom is -0.493 e. The smallest absolute Gasteiger partial charge is 0.294 e. The summed E-state index contributed by atoms with van der Waals surface area (Å²) in [5.74, 6) is -0.647. The summed E-state index contributed by atoms with van der Waals surface area (Å²) in [5.41, 5.74) is 7.88. The molecular weight excluding hydrogens is 484 g/mol. The number of unbranched alkanes of at least 4 members (excludes halogenated alkanes) is 1. The van der Waals surface area contributed by atoms with Crippen molar-refractivity contribution < 1.29 is 35.5 Å². The van der Waals surface area contributed by atoms with Crippen molar-refractivity contribution in [1.29, 1.82) is 0 Å². The lowest BCUT2D eigenvalue weighted by Crippen LogP contribution is -2.12. The first kappa shape index (κ1) is 25.4. The number of nitrogens with two attached hydrogens (primary N) is 1. The second-order valence-corrected chi connectivity index (χ2v) is 10.7. The van der Waals surface area contributed by atoms with Crippen LogP contribution >= 0.6 is 0 Å². The van der Waals surface area contributed by atoms with Gasteiger partial charge in [-0.15, -0.1) is 0 Å². The lowest BCUT2D eigenvalue weighted by Gasteiger charge is -2.13. The largest absolute Gasteiger partial charge is 0.493 e. The molecule has 0 aromatic heterocycles. The number of carbonyl (C=O) groups is 1. The van der Waals surface area contributed by atoms with E-state index in [2.05, 4.69) is 5.32 Å². The van der Waals surface area contributed by atoms with E-state index >= 15 is 0 Å². The fourth-order valence-corrected chi connectivity index (χ4v) is 4.34. The summed E-state index contributed by atoms with van der Waals surface area (Å²) in [6.45, 7) is 1.83. The molecule has 0 saturated heterocycles. The highest BCUT2D eigenvalue weighted by molar-refractivity contribution is 7.86. The Balaban J connectivity index is 1.86. The van der Waals surface area contributed by atoms with Crippen LogP contribution in [0.25, 0.3) is 10.8 Å². The number of hydrogen-bond donors (Lipinski definition) is 4. The second-order valence-electron chi connectivity index (χ2n) is 7.70. The van der Waals surface area contributed by atoms with E-state index in [0.717, 1.165) is 11.6 Å². The van der Waals surface area contributed by atoms with Crippen molar-refractivity contribution in [2.24, 2.45) is 0 Å². The molecule has 0 spiro atoms. The molecule has 0 bridgehead atoms. The number of ether oxygens (including phenoxy) is 1. The van der Waals surface area contributed by atoms with E-state index < -0.39 is 30.9 Å². The monoisotopic (exact) mass is 508 g/mol. The van der Waals surface area contributed by atoms with Crippen LogP contribution in [0.4, 0.5) is 11.4 Å². The highest BCUT2D eigenvalue weighted by Crippen LogP contribution is 2.32. The third kappa shape index (κ3) is 6.67. The third-order valence-electron chi connectivity index (χ3n) is 5.03. The van der Waals surface area contributed by atoms with E-state index in [4.69, 9.17) is 15.0 Å². The van der Waals surface area contributed by atoms with Crippen LogP contribution in [0.1, 0.15) is 28.8 Å². The van der Waals surface area contributed by atoms with Gasteiger partial charge in [-0.05, 0) is 73.2 Å². The Morgan fingerprint density at radius 2 is 1.74 bits per heavy atom. The van der Waals surface area contributed by atoms with Gasteiger partial charge in [0.15, 0.2) is 0 Å². The van der Waals surface area contributed by atoms with Gasteiger partial charge in [-0.25, -0.2) is 0 Å². The van der Waals surface area contributed by atoms with E-state index in [1.54, 1.807) is 37.3 Å². The highest BCUT2D eigenvalue weighted by atomic mass is 32.2. The van der Waals surface area contributed by atoms with Crippen molar-refractivity contribution in [2.75, 3.05) is 23.4 Å². The van der Waals surface area contributed by atoms with Crippen LogP contribution in [-0.2, 0) is 20.2 Å². The van der Waals surface area contributed by atoms with Crippen molar-refractivity contribution in [3.8, 4) is 5.75 Å². The molecule has 0 saturated carbocycles. The van der Waals surface area contributed by atoms with Gasteiger partial charge in [0.2, 0.25) is 0 Å². The van der Waals surface area contributed by atoms with E-state index in [1.807, 2.05) is 0 Å². The van der Waals surface area contributed by atoms with E-state index in [-0.39, 0.29) is 31.1 Å². The van der Waals surface area contributed by atoms with Crippen LogP contribution in [0.3, 0.4) is 0 Å². The zero-order valence-electron chi connectivity index (χ0n) is 18.2. The molecule has 1 amide bonds. The van der Waals surface area contributed by atoms with Crippen LogP contribution in [0.15, 0.2) is 53.4 Å². The summed E-state index contributed by atoms with van der Waals surface area (Å²) in [4.78, 5) is 12.2. The van der Waals surface area contributed by atoms with Crippen molar-refractivity contribution in [3.63, 3.8) is 0 Å². The number of carbonyl (C=O) groups excluding carboxylic acids is 1. The first-order chi connectivity index (χ1) is 15.8. The molecule has 3 rings (SSSR count). The summed E-state index contributed by atoms with van der Waals surface area (Å²) >= 11 is 0. The Morgan fingerprint density at radius 3 is 2.38 bits per heavy atom. The van der Waals surface area contributed by atoms with Gasteiger partial charge in [-0.2, -0.15) is 16.8 Å². The molecule has 34 heavy (non-hydrogen) atoms. The van der Waals surface area contributed by atoms with Crippen molar-refractivity contribution in [3.05, 3.63) is 59.7 Å². The molecule has 5 N–H and O–H groups in total. The van der Waals surface area contributed by atoms with Crippen LogP contribution < -0.4 is 15.8 Å². The fourth-order valence-electron chi connectivity index (χ4n) is 3.24. The molecular formula is C22H24N2O8S2. The molecule has 0 fully saturated rings. The summed E-state index contributed by atoms with van der Waals surface area (Å²) < 4.78 is 69.1. The Labute approximate surface area is 197 Å². The number of anilines is 2. The molecule has 0 aliphatic rings. The van der Waals surface area contributed by atoms with E-state index in [0.29, 0.717) is 27.7 Å². The Hall–Kier alpha value is -3.19. The summed E-state index contributed by atoms with van der Waals surface area (Å²) in [7, 11) is -8.63. The zero-order chi connectivity index (χ0) is 25.1. The first-order valence-corrected chi connectivity index (χ1v) is 13.2. The van der Waals surface area contributed by atoms with Gasteiger partial charge in [0.1, 0.15) is 5.75 Å². The van der Waals surface area contributed by atoms with Crippen LogP contribution in [0, 0.1) is 6.92 Å². The lowest BCUT2D eigenvalue weighted by molar-refractivity contribution is 0.102. The minimum atomic E-state index is -4.55. The average molecular weight is 509 g/mol. The Kier molecular flexibility index (Phi) is 7.46. The molecule has 0 unspecified atom stereocenters. The Morgan fingerprint density at radius 1 is 1.00 bits per heavy atom. The first-order valence-electron chi connectivity index (χ1n) is 10.1. The maximum absolute atomic E-state index is 12.6. The topological polar surface area (TPSA) is 173 Å². The summed E-state index contributed by atoms with van der Waals surface area (Å²) in [6, 6.07) is 12.1.